The summed E-state index contributed by atoms with van der Waals surface area (Å²) in [4.78, 5) is 0. The van der Waals surface area contributed by atoms with Gasteiger partial charge in [0.15, 0.2) is 0 Å². The molecule has 0 aliphatic rings. The van der Waals surface area contributed by atoms with Crippen LogP contribution in [0.25, 0.3) is 0 Å². The lowest BCUT2D eigenvalue weighted by Crippen LogP contribution is -2.49. The van der Waals surface area contributed by atoms with Crippen LogP contribution in [-0.2, 0) is 9.31 Å². The van der Waals surface area contributed by atoms with Crippen LogP contribution in [0.1, 0.15) is 0 Å². The molecule has 0 aliphatic heterocycles. The largest absolute Gasteiger partial charge is 0.489 e. The van der Waals surface area contributed by atoms with E-state index in [1.165, 1.54) is 0 Å². The summed E-state index contributed by atoms with van der Waals surface area (Å²) in [5.74, 6) is 0. The Kier molecular flexibility index (Phi) is 5.85. The van der Waals surface area contributed by atoms with Gasteiger partial charge in [0.25, 0.3) is 0 Å². The minimum Gasteiger partial charge on any atom is -0.395 e. The minimum atomic E-state index is -6.12. The van der Waals surface area contributed by atoms with E-state index in [1.54, 1.807) is 0 Å². The van der Waals surface area contributed by atoms with Crippen LogP contribution >= 0.6 is 0 Å². The van der Waals surface area contributed by atoms with E-state index in [4.69, 9.17) is 0 Å². The average Bonchev–Trinajstić information content (AvgIpc) is 2.07. The van der Waals surface area contributed by atoms with E-state index < -0.39 is 44.6 Å². The molecule has 0 fully saturated rings. The minimum absolute atomic E-state index is 1.29. The van der Waals surface area contributed by atoms with Crippen molar-refractivity contribution in [3.05, 3.63) is 0 Å². The van der Waals surface area contributed by atoms with Gasteiger partial charge in [0, 0.05) is 0 Å². The van der Waals surface area contributed by atoms with E-state index in [0.29, 0.717) is 0 Å². The summed E-state index contributed by atoms with van der Waals surface area (Å²) in [5.41, 5.74) is 0. The fourth-order valence-electron chi connectivity index (χ4n) is 0.823. The maximum atomic E-state index is 11.8. The Morgan fingerprint density at radius 3 is 0.810 bits per heavy atom. The van der Waals surface area contributed by atoms with Gasteiger partial charge < -0.3 is 9.31 Å². The zero-order valence-electron chi connectivity index (χ0n) is 9.08. The van der Waals surface area contributed by atoms with Crippen molar-refractivity contribution in [2.45, 2.75) is 36.9 Å². The Bertz CT molecular complexity index is 267. The molecule has 0 N–H and O–H groups in total. The highest BCUT2D eigenvalue weighted by molar-refractivity contribution is 6.18. The normalized spacial score (nSPS) is 15.0. The van der Waals surface area contributed by atoms with Crippen molar-refractivity contribution in [1.82, 2.24) is 0 Å². The van der Waals surface area contributed by atoms with Gasteiger partial charge in [-0.1, -0.05) is 0 Å². The zero-order valence-corrected chi connectivity index (χ0v) is 9.08. The molecule has 0 rings (SSSR count). The first-order valence-electron chi connectivity index (χ1n) is 4.37. The molecule has 0 atom stereocenters. The summed E-state index contributed by atoms with van der Waals surface area (Å²) in [6, 6.07) is 0. The highest BCUT2D eigenvalue weighted by Gasteiger charge is 2.60. The predicted molar refractivity (Wildman–Crippen MR) is 39.7 cm³/mol. The van der Waals surface area contributed by atoms with Gasteiger partial charge in [-0.2, -0.15) is 52.7 Å². The molecular formula is C6H2BF12O2. The van der Waals surface area contributed by atoms with Crippen molar-refractivity contribution in [1.29, 1.82) is 0 Å². The van der Waals surface area contributed by atoms with Crippen LogP contribution < -0.4 is 0 Å². The molecule has 21 heavy (non-hydrogen) atoms. The molecule has 0 amide bonds. The van der Waals surface area contributed by atoms with Gasteiger partial charge in [-0.25, -0.2) is 0 Å². The van der Waals surface area contributed by atoms with Crippen LogP contribution in [0.15, 0.2) is 0 Å². The quantitative estimate of drug-likeness (QED) is 0.573. The third-order valence-electron chi connectivity index (χ3n) is 1.57. The molecule has 0 spiro atoms. The van der Waals surface area contributed by atoms with Crippen molar-refractivity contribution < 1.29 is 62.0 Å². The van der Waals surface area contributed by atoms with Crippen molar-refractivity contribution in [3.8, 4) is 0 Å². The summed E-state index contributed by atoms with van der Waals surface area (Å²) in [6.45, 7) is 0. The first-order valence-corrected chi connectivity index (χ1v) is 4.37. The van der Waals surface area contributed by atoms with Crippen molar-refractivity contribution in [2.24, 2.45) is 0 Å². The Balaban J connectivity index is 4.84. The van der Waals surface area contributed by atoms with E-state index in [9.17, 15) is 52.7 Å². The SMILES string of the molecule is FC(F)(F)C(O[B]OC(C(F)(F)F)C(F)(F)F)C(F)(F)F. The molecule has 0 aromatic carbocycles. The van der Waals surface area contributed by atoms with Gasteiger partial charge in [0.1, 0.15) is 0 Å². The van der Waals surface area contributed by atoms with E-state index in [1.807, 2.05) is 0 Å². The molecule has 0 saturated heterocycles. The molecule has 1 radical (unpaired) electrons. The summed E-state index contributed by atoms with van der Waals surface area (Å²) in [5, 5.41) is 0. The van der Waals surface area contributed by atoms with Gasteiger partial charge in [-0.3, -0.25) is 0 Å². The average molecular weight is 345 g/mol. The second-order valence-corrected chi connectivity index (χ2v) is 3.29. The number of alkyl halides is 12. The first-order chi connectivity index (χ1) is 8.97. The standard InChI is InChI=1S/C6H2BF12O2/c8-3(9,10)1(4(11,12)13)20-7-21-2(5(14,15)16)6(17,18)19/h1-2H. The number of rotatable bonds is 4. The molecule has 15 heteroatoms. The second-order valence-electron chi connectivity index (χ2n) is 3.29. The van der Waals surface area contributed by atoms with Crippen molar-refractivity contribution >= 4 is 7.69 Å². The van der Waals surface area contributed by atoms with Crippen LogP contribution in [0.5, 0.6) is 0 Å². The van der Waals surface area contributed by atoms with Crippen LogP contribution in [0.2, 0.25) is 0 Å². The number of hydrogen-bond acceptors (Lipinski definition) is 2. The van der Waals surface area contributed by atoms with Crippen LogP contribution in [0, 0.1) is 0 Å². The molecule has 0 aromatic rings. The maximum Gasteiger partial charge on any atom is 0.489 e. The molecule has 0 aliphatic carbocycles. The lowest BCUT2D eigenvalue weighted by molar-refractivity contribution is -0.315. The lowest BCUT2D eigenvalue weighted by atomic mass is 10.2. The topological polar surface area (TPSA) is 18.5 Å². The van der Waals surface area contributed by atoms with Gasteiger partial charge in [0.2, 0.25) is 12.2 Å². The third-order valence-corrected chi connectivity index (χ3v) is 1.57. The van der Waals surface area contributed by atoms with Crippen LogP contribution in [-0.4, -0.2) is 44.6 Å². The molecule has 0 aromatic heterocycles. The van der Waals surface area contributed by atoms with Crippen LogP contribution in [0.3, 0.4) is 0 Å². The molecule has 0 saturated carbocycles. The van der Waals surface area contributed by atoms with Crippen molar-refractivity contribution in [3.63, 3.8) is 0 Å². The molecule has 0 heterocycles. The van der Waals surface area contributed by atoms with Gasteiger partial charge in [-0.05, 0) is 0 Å². The van der Waals surface area contributed by atoms with E-state index in [2.05, 4.69) is 9.31 Å². The van der Waals surface area contributed by atoms with Gasteiger partial charge in [0.05, 0.1) is 0 Å². The fraction of sp³-hybridized carbons (Fsp3) is 1.00. The van der Waals surface area contributed by atoms with E-state index in [-0.39, 0.29) is 0 Å². The maximum absolute atomic E-state index is 11.8. The number of halogens is 12. The number of hydrogen-bond donors (Lipinski definition) is 0. The summed E-state index contributed by atoms with van der Waals surface area (Å²) in [7, 11) is -1.29. The van der Waals surface area contributed by atoms with Gasteiger partial charge >= 0.3 is 32.4 Å². The molecular weight excluding hydrogens is 343 g/mol. The Morgan fingerprint density at radius 2 is 0.667 bits per heavy atom. The highest BCUT2D eigenvalue weighted by Crippen LogP contribution is 2.37. The zero-order chi connectivity index (χ0) is 17.3. The summed E-state index contributed by atoms with van der Waals surface area (Å²) in [6.07, 6.45) is -33.7. The second kappa shape index (κ2) is 6.10. The fourth-order valence-corrected chi connectivity index (χ4v) is 0.823. The van der Waals surface area contributed by atoms with E-state index in [0.717, 1.165) is 0 Å². The molecule has 0 bridgehead atoms. The summed E-state index contributed by atoms with van der Waals surface area (Å²) >= 11 is 0. The Hall–Kier alpha value is -0.855. The molecule has 125 valence electrons. The van der Waals surface area contributed by atoms with E-state index >= 15 is 0 Å². The Labute approximate surface area is 108 Å². The van der Waals surface area contributed by atoms with Crippen molar-refractivity contribution in [2.75, 3.05) is 0 Å². The first kappa shape index (κ1) is 20.1. The highest BCUT2D eigenvalue weighted by atomic mass is 19.4. The monoisotopic (exact) mass is 345 g/mol. The molecule has 2 nitrogen and oxygen atoms in total. The molecule has 0 unspecified atom stereocenters. The third kappa shape index (κ3) is 6.63. The van der Waals surface area contributed by atoms with Crippen LogP contribution in [0.4, 0.5) is 52.7 Å². The lowest BCUT2D eigenvalue weighted by Gasteiger charge is -2.25. The smallest absolute Gasteiger partial charge is 0.395 e. The Morgan fingerprint density at radius 1 is 0.476 bits per heavy atom. The summed E-state index contributed by atoms with van der Waals surface area (Å²) < 4.78 is 148. The van der Waals surface area contributed by atoms with Gasteiger partial charge in [-0.15, -0.1) is 0 Å². The predicted octanol–water partition coefficient (Wildman–Crippen LogP) is 3.54.